The maximum atomic E-state index is 11.6. The fourth-order valence-corrected chi connectivity index (χ4v) is 8.14. The van der Waals surface area contributed by atoms with Crippen molar-refractivity contribution in [2.45, 2.75) is 90.8 Å². The number of hydrogen-bond donors (Lipinski definition) is 2. The van der Waals surface area contributed by atoms with E-state index in [1.807, 2.05) is 0 Å². The summed E-state index contributed by atoms with van der Waals surface area (Å²) in [7, 11) is 1.45. The lowest BCUT2D eigenvalue weighted by atomic mass is 9.44. The smallest absolute Gasteiger partial charge is 0.305 e. The second-order valence-electron chi connectivity index (χ2n) is 11.0. The van der Waals surface area contributed by atoms with E-state index in [0.717, 1.165) is 38.5 Å². The number of carbonyl (C=O) groups excluding carboxylic acids is 1. The van der Waals surface area contributed by atoms with Crippen LogP contribution in [0.25, 0.3) is 0 Å². The fourth-order valence-electron chi connectivity index (χ4n) is 8.14. The molecule has 0 aromatic heterocycles. The first-order valence-electron chi connectivity index (χ1n) is 11.8. The van der Waals surface area contributed by atoms with Crippen molar-refractivity contribution in [3.05, 3.63) is 11.6 Å². The van der Waals surface area contributed by atoms with Gasteiger partial charge in [-0.15, -0.1) is 0 Å². The van der Waals surface area contributed by atoms with Crippen LogP contribution in [-0.4, -0.2) is 35.5 Å². The Morgan fingerprint density at radius 2 is 1.97 bits per heavy atom. The molecule has 0 bridgehead atoms. The Morgan fingerprint density at radius 1 is 1.21 bits per heavy atom. The number of aliphatic hydroxyl groups excluding tert-OH is 2. The van der Waals surface area contributed by atoms with Gasteiger partial charge in [-0.1, -0.05) is 32.4 Å². The van der Waals surface area contributed by atoms with Crippen LogP contribution in [0.1, 0.15) is 78.6 Å². The second-order valence-corrected chi connectivity index (χ2v) is 11.0. The standard InChI is InChI=1S/C25H40O4/c1-15(5-10-23(28)29-4)19-8-9-20-18-7-6-16-13-17(26)11-12-24(16,2)21(18)14-22(27)25(19,20)3/h8,15-18,20-22,26-27H,5-7,9-14H2,1-4H3. The number of fused-ring (bicyclic) bond motifs is 5. The molecule has 4 aliphatic rings. The zero-order valence-corrected chi connectivity index (χ0v) is 18.7. The first-order chi connectivity index (χ1) is 13.7. The molecule has 3 saturated carbocycles. The average molecular weight is 405 g/mol. The van der Waals surface area contributed by atoms with Crippen LogP contribution < -0.4 is 0 Å². The van der Waals surface area contributed by atoms with Gasteiger partial charge < -0.3 is 14.9 Å². The molecule has 0 heterocycles. The van der Waals surface area contributed by atoms with Gasteiger partial charge in [0, 0.05) is 11.8 Å². The Bertz CT molecular complexity index is 672. The highest BCUT2D eigenvalue weighted by Gasteiger charge is 2.61. The number of rotatable bonds is 4. The molecule has 2 N–H and O–H groups in total. The zero-order chi connectivity index (χ0) is 21.0. The first kappa shape index (κ1) is 21.4. The molecule has 0 saturated heterocycles. The van der Waals surface area contributed by atoms with E-state index in [2.05, 4.69) is 26.8 Å². The van der Waals surface area contributed by atoms with Crippen molar-refractivity contribution in [3.63, 3.8) is 0 Å². The van der Waals surface area contributed by atoms with Crippen molar-refractivity contribution in [2.75, 3.05) is 7.11 Å². The molecule has 0 radical (unpaired) electrons. The predicted molar refractivity (Wildman–Crippen MR) is 113 cm³/mol. The van der Waals surface area contributed by atoms with Gasteiger partial charge in [0.05, 0.1) is 19.3 Å². The quantitative estimate of drug-likeness (QED) is 0.535. The lowest BCUT2D eigenvalue weighted by Crippen LogP contribution is -2.58. The highest BCUT2D eigenvalue weighted by atomic mass is 16.5. The van der Waals surface area contributed by atoms with Crippen LogP contribution in [0.2, 0.25) is 0 Å². The number of carbonyl (C=O) groups is 1. The first-order valence-corrected chi connectivity index (χ1v) is 11.8. The Morgan fingerprint density at radius 3 is 2.69 bits per heavy atom. The van der Waals surface area contributed by atoms with Gasteiger partial charge in [-0.2, -0.15) is 0 Å². The van der Waals surface area contributed by atoms with Crippen LogP contribution in [0.4, 0.5) is 0 Å². The molecule has 9 unspecified atom stereocenters. The summed E-state index contributed by atoms with van der Waals surface area (Å²) in [5.41, 5.74) is 1.49. The van der Waals surface area contributed by atoms with Crippen molar-refractivity contribution in [3.8, 4) is 0 Å². The topological polar surface area (TPSA) is 66.8 Å². The molecule has 4 heteroatoms. The number of esters is 1. The largest absolute Gasteiger partial charge is 0.469 e. The van der Waals surface area contributed by atoms with Crippen LogP contribution in [0.3, 0.4) is 0 Å². The zero-order valence-electron chi connectivity index (χ0n) is 18.7. The normalized spacial score (nSPS) is 47.4. The van der Waals surface area contributed by atoms with Crippen LogP contribution in [-0.2, 0) is 9.53 Å². The molecule has 4 aliphatic carbocycles. The molecular formula is C25H40O4. The molecule has 4 nitrogen and oxygen atoms in total. The van der Waals surface area contributed by atoms with Gasteiger partial charge in [0.1, 0.15) is 0 Å². The molecule has 0 aromatic rings. The molecule has 29 heavy (non-hydrogen) atoms. The van der Waals surface area contributed by atoms with Crippen molar-refractivity contribution < 1.29 is 19.7 Å². The number of hydrogen-bond acceptors (Lipinski definition) is 4. The second kappa shape index (κ2) is 7.67. The SMILES string of the molecule is COC(=O)CCC(C)C1=CCC2C3CCC4CC(O)CCC4(C)C3CC(O)C12C. The highest BCUT2D eigenvalue weighted by Crippen LogP contribution is 2.67. The molecule has 0 spiro atoms. The van der Waals surface area contributed by atoms with Crippen molar-refractivity contribution in [2.24, 2.45) is 40.4 Å². The summed E-state index contributed by atoms with van der Waals surface area (Å²) in [6.07, 6.45) is 10.6. The van der Waals surface area contributed by atoms with Gasteiger partial charge in [0.15, 0.2) is 0 Å². The lowest BCUT2D eigenvalue weighted by molar-refractivity contribution is -0.156. The Kier molecular flexibility index (Phi) is 5.65. The predicted octanol–water partition coefficient (Wildman–Crippen LogP) is 4.49. The summed E-state index contributed by atoms with van der Waals surface area (Å²) in [6.45, 7) is 6.96. The summed E-state index contributed by atoms with van der Waals surface area (Å²) >= 11 is 0. The summed E-state index contributed by atoms with van der Waals surface area (Å²) in [5, 5.41) is 21.7. The summed E-state index contributed by atoms with van der Waals surface area (Å²) in [6, 6.07) is 0. The molecular weight excluding hydrogens is 364 g/mol. The van der Waals surface area contributed by atoms with Gasteiger partial charge in [0.25, 0.3) is 0 Å². The van der Waals surface area contributed by atoms with E-state index in [4.69, 9.17) is 4.74 Å². The minimum Gasteiger partial charge on any atom is -0.469 e. The van der Waals surface area contributed by atoms with E-state index in [9.17, 15) is 15.0 Å². The van der Waals surface area contributed by atoms with E-state index >= 15 is 0 Å². The number of aliphatic hydroxyl groups is 2. The Balaban J connectivity index is 1.54. The van der Waals surface area contributed by atoms with Gasteiger partial charge >= 0.3 is 5.97 Å². The molecule has 9 atom stereocenters. The van der Waals surface area contributed by atoms with Crippen molar-refractivity contribution >= 4 is 5.97 Å². The molecule has 0 aromatic carbocycles. The van der Waals surface area contributed by atoms with E-state index in [-0.39, 0.29) is 29.0 Å². The minimum absolute atomic E-state index is 0.126. The van der Waals surface area contributed by atoms with E-state index in [1.54, 1.807) is 0 Å². The van der Waals surface area contributed by atoms with Crippen LogP contribution in [0.5, 0.6) is 0 Å². The van der Waals surface area contributed by atoms with Gasteiger partial charge in [-0.25, -0.2) is 0 Å². The van der Waals surface area contributed by atoms with Gasteiger partial charge in [-0.3, -0.25) is 4.79 Å². The number of methoxy groups -OCH3 is 1. The Labute approximate surface area is 176 Å². The minimum atomic E-state index is -0.314. The Hall–Kier alpha value is -0.870. The average Bonchev–Trinajstić information content (AvgIpc) is 3.06. The van der Waals surface area contributed by atoms with E-state index < -0.39 is 0 Å². The third kappa shape index (κ3) is 3.29. The van der Waals surface area contributed by atoms with Crippen molar-refractivity contribution in [1.29, 1.82) is 0 Å². The fraction of sp³-hybridized carbons (Fsp3) is 0.880. The molecule has 4 rings (SSSR count). The molecule has 0 aliphatic heterocycles. The van der Waals surface area contributed by atoms with E-state index in [1.165, 1.54) is 25.5 Å². The number of ether oxygens (including phenoxy) is 1. The summed E-state index contributed by atoms with van der Waals surface area (Å²) in [4.78, 5) is 11.6. The van der Waals surface area contributed by atoms with Crippen LogP contribution >= 0.6 is 0 Å². The molecule has 164 valence electrons. The summed E-state index contributed by atoms with van der Waals surface area (Å²) < 4.78 is 4.83. The van der Waals surface area contributed by atoms with Crippen LogP contribution in [0.15, 0.2) is 11.6 Å². The molecule has 3 fully saturated rings. The lowest BCUT2D eigenvalue weighted by Gasteiger charge is -2.62. The maximum absolute atomic E-state index is 11.6. The number of allylic oxidation sites excluding steroid dienone is 1. The summed E-state index contributed by atoms with van der Waals surface area (Å²) in [5.74, 6) is 2.51. The van der Waals surface area contributed by atoms with Gasteiger partial charge in [0.2, 0.25) is 0 Å². The monoisotopic (exact) mass is 404 g/mol. The third-order valence-corrected chi connectivity index (χ3v) is 9.93. The maximum Gasteiger partial charge on any atom is 0.305 e. The van der Waals surface area contributed by atoms with Crippen molar-refractivity contribution in [1.82, 2.24) is 0 Å². The van der Waals surface area contributed by atoms with Gasteiger partial charge in [-0.05, 0) is 86.4 Å². The third-order valence-electron chi connectivity index (χ3n) is 9.93. The highest BCUT2D eigenvalue weighted by molar-refractivity contribution is 5.69. The molecule has 0 amide bonds. The van der Waals surface area contributed by atoms with Crippen LogP contribution in [0, 0.1) is 40.4 Å². The van der Waals surface area contributed by atoms with E-state index in [0.29, 0.717) is 36.0 Å².